The van der Waals surface area contributed by atoms with Gasteiger partial charge in [-0.05, 0) is 43.1 Å². The lowest BCUT2D eigenvalue weighted by molar-refractivity contribution is 0.100. The first-order valence-electron chi connectivity index (χ1n) is 8.26. The Labute approximate surface area is 164 Å². The van der Waals surface area contributed by atoms with Crippen LogP contribution in [-0.2, 0) is 13.5 Å². The molecule has 142 valence electrons. The van der Waals surface area contributed by atoms with Crippen molar-refractivity contribution in [3.63, 3.8) is 0 Å². The quantitative estimate of drug-likeness (QED) is 0.655. The molecule has 0 unspecified atom stereocenters. The second-order valence-corrected chi connectivity index (χ2v) is 7.89. The van der Waals surface area contributed by atoms with Crippen molar-refractivity contribution in [1.29, 1.82) is 0 Å². The highest BCUT2D eigenvalue weighted by atomic mass is 35.5. The molecule has 1 amide bonds. The largest absolute Gasteiger partial charge is 0.365 e. The van der Waals surface area contributed by atoms with E-state index in [0.29, 0.717) is 38.1 Å². The topological polar surface area (TPSA) is 99.8 Å². The van der Waals surface area contributed by atoms with Crippen molar-refractivity contribution in [2.45, 2.75) is 19.3 Å². The first-order chi connectivity index (χ1) is 12.8. The van der Waals surface area contributed by atoms with Crippen molar-refractivity contribution in [3.8, 4) is 11.3 Å². The third kappa shape index (κ3) is 3.73. The van der Waals surface area contributed by atoms with Crippen LogP contribution in [0.25, 0.3) is 11.3 Å². The van der Waals surface area contributed by atoms with Gasteiger partial charge in [0.15, 0.2) is 0 Å². The first-order valence-corrected chi connectivity index (χ1v) is 9.46. The summed E-state index contributed by atoms with van der Waals surface area (Å²) in [7, 11) is 1.75. The Bertz CT molecular complexity index is 980. The smallest absolute Gasteiger partial charge is 0.259 e. The van der Waals surface area contributed by atoms with Crippen molar-refractivity contribution >= 4 is 28.8 Å². The highest BCUT2D eigenvalue weighted by Crippen LogP contribution is 2.44. The second-order valence-electron chi connectivity index (χ2n) is 6.27. The first kappa shape index (κ1) is 19.5. The van der Waals surface area contributed by atoms with E-state index in [1.165, 1.54) is 12.1 Å². The molecule has 3 rings (SSSR count). The molecule has 9 heteroatoms. The number of rotatable bonds is 6. The van der Waals surface area contributed by atoms with Gasteiger partial charge in [0.2, 0.25) is 0 Å². The average Bonchev–Trinajstić information content (AvgIpc) is 3.12. The predicted molar refractivity (Wildman–Crippen MR) is 104 cm³/mol. The minimum atomic E-state index is -0.575. The van der Waals surface area contributed by atoms with E-state index in [2.05, 4.69) is 10.3 Å². The minimum Gasteiger partial charge on any atom is -0.365 e. The predicted octanol–water partition coefficient (Wildman–Crippen LogP) is 3.03. The van der Waals surface area contributed by atoms with E-state index >= 15 is 0 Å². The molecule has 27 heavy (non-hydrogen) atoms. The molecular weight excluding hydrogens is 389 g/mol. The van der Waals surface area contributed by atoms with Gasteiger partial charge in [-0.3, -0.25) is 4.79 Å². The lowest BCUT2D eigenvalue weighted by Gasteiger charge is -2.18. The third-order valence-electron chi connectivity index (χ3n) is 4.42. The van der Waals surface area contributed by atoms with Crippen molar-refractivity contribution in [1.82, 2.24) is 15.0 Å². The van der Waals surface area contributed by atoms with Crippen LogP contribution in [0.2, 0.25) is 4.34 Å². The van der Waals surface area contributed by atoms with Gasteiger partial charge in [0.1, 0.15) is 10.2 Å². The van der Waals surface area contributed by atoms with Gasteiger partial charge in [0.05, 0.1) is 16.3 Å². The molecule has 0 radical (unpaired) electrons. The molecule has 0 aliphatic rings. The average molecular weight is 408 g/mol. The highest BCUT2D eigenvalue weighted by Gasteiger charge is 2.30. The van der Waals surface area contributed by atoms with E-state index in [0.717, 1.165) is 16.9 Å². The van der Waals surface area contributed by atoms with Gasteiger partial charge in [-0.2, -0.15) is 0 Å². The van der Waals surface area contributed by atoms with Crippen LogP contribution < -0.4 is 11.5 Å². The fraction of sp³-hybridized carbons (Fsp3) is 0.278. The molecule has 6 nitrogen and oxygen atoms in total. The molecule has 0 fully saturated rings. The maximum Gasteiger partial charge on any atom is 0.259 e. The molecule has 0 spiro atoms. The van der Waals surface area contributed by atoms with Crippen LogP contribution in [0.3, 0.4) is 0 Å². The molecule has 0 aliphatic carbocycles. The lowest BCUT2D eigenvalue weighted by atomic mass is 9.88. The summed E-state index contributed by atoms with van der Waals surface area (Å²) in [6, 6.07) is 6.30. The fourth-order valence-corrected chi connectivity index (χ4v) is 4.65. The van der Waals surface area contributed by atoms with Gasteiger partial charge in [-0.25, -0.2) is 9.07 Å². The van der Waals surface area contributed by atoms with E-state index in [4.69, 9.17) is 23.1 Å². The summed E-state index contributed by atoms with van der Waals surface area (Å²) < 4.78 is 15.6. The molecule has 0 saturated heterocycles. The molecule has 2 aromatic heterocycles. The van der Waals surface area contributed by atoms with E-state index in [1.807, 2.05) is 13.0 Å². The maximum atomic E-state index is 13.6. The van der Waals surface area contributed by atoms with E-state index < -0.39 is 5.91 Å². The summed E-state index contributed by atoms with van der Waals surface area (Å²) in [5, 5.41) is 8.10. The van der Waals surface area contributed by atoms with E-state index in [9.17, 15) is 9.18 Å². The number of carbonyl (C=O) groups is 1. The number of benzene rings is 1. The third-order valence-corrected chi connectivity index (χ3v) is 5.85. The van der Waals surface area contributed by atoms with Gasteiger partial charge >= 0.3 is 0 Å². The molecule has 0 bridgehead atoms. The highest BCUT2D eigenvalue weighted by molar-refractivity contribution is 7.18. The van der Waals surface area contributed by atoms with Gasteiger partial charge in [0, 0.05) is 18.5 Å². The molecule has 3 aromatic rings. The number of hydrogen-bond acceptors (Lipinski definition) is 5. The van der Waals surface area contributed by atoms with Crippen LogP contribution in [0, 0.1) is 12.7 Å². The van der Waals surface area contributed by atoms with Crippen LogP contribution in [0.15, 0.2) is 24.3 Å². The Balaban J connectivity index is 2.18. The number of aryl methyl sites for hydroxylation is 2. The van der Waals surface area contributed by atoms with Crippen LogP contribution >= 0.6 is 22.9 Å². The van der Waals surface area contributed by atoms with Crippen LogP contribution in [0.4, 0.5) is 4.39 Å². The van der Waals surface area contributed by atoms with Crippen molar-refractivity contribution in [2.24, 2.45) is 18.5 Å². The van der Waals surface area contributed by atoms with Crippen molar-refractivity contribution < 1.29 is 9.18 Å². The Morgan fingerprint density at radius 3 is 2.74 bits per heavy atom. The Hall–Kier alpha value is -2.29. The summed E-state index contributed by atoms with van der Waals surface area (Å²) in [4.78, 5) is 12.4. The molecule has 2 heterocycles. The summed E-state index contributed by atoms with van der Waals surface area (Å²) in [6.45, 7) is 2.05. The fourth-order valence-electron chi connectivity index (χ4n) is 3.26. The molecule has 4 N–H and O–H groups in total. The lowest BCUT2D eigenvalue weighted by Crippen LogP contribution is -2.20. The Kier molecular flexibility index (Phi) is 5.59. The SMILES string of the molecule is Cc1nnn(C)c1-c1c(Cl)sc(C(N)=O)c1[C@@H](CN)Cc1cccc(F)c1. The molecule has 0 saturated carbocycles. The number of aromatic nitrogens is 3. The zero-order valence-corrected chi connectivity index (χ0v) is 16.4. The number of amides is 1. The number of hydrogen-bond donors (Lipinski definition) is 2. The normalized spacial score (nSPS) is 12.3. The van der Waals surface area contributed by atoms with Gasteiger partial charge in [-0.15, -0.1) is 16.4 Å². The number of primary amides is 1. The van der Waals surface area contributed by atoms with E-state index in [-0.39, 0.29) is 18.3 Å². The standard InChI is InChI=1S/C18H19ClFN5OS/c1-9-15(25(2)24-23-9)14-13(16(18(22)26)27-17(14)19)11(8-21)6-10-4-3-5-12(20)7-10/h3-5,7,11H,6,8,21H2,1-2H3,(H2,22,26)/t11-/m1/s1. The Morgan fingerprint density at radius 1 is 1.44 bits per heavy atom. The summed E-state index contributed by atoms with van der Waals surface area (Å²) in [6.07, 6.45) is 0.443. The molecule has 1 atom stereocenters. The van der Waals surface area contributed by atoms with Gasteiger partial charge in [0.25, 0.3) is 5.91 Å². The van der Waals surface area contributed by atoms with Crippen LogP contribution in [-0.4, -0.2) is 27.4 Å². The monoisotopic (exact) mass is 407 g/mol. The van der Waals surface area contributed by atoms with Crippen LogP contribution in [0.5, 0.6) is 0 Å². The number of nitrogens with two attached hydrogens (primary N) is 2. The number of halogens is 2. The minimum absolute atomic E-state index is 0.237. The zero-order chi connectivity index (χ0) is 19.7. The maximum absolute atomic E-state index is 13.6. The zero-order valence-electron chi connectivity index (χ0n) is 14.9. The number of carbonyl (C=O) groups excluding carboxylic acids is 1. The van der Waals surface area contributed by atoms with Gasteiger partial charge < -0.3 is 11.5 Å². The molecule has 1 aromatic carbocycles. The van der Waals surface area contributed by atoms with Crippen molar-refractivity contribution in [3.05, 3.63) is 56.1 Å². The van der Waals surface area contributed by atoms with Crippen molar-refractivity contribution in [2.75, 3.05) is 6.54 Å². The van der Waals surface area contributed by atoms with Crippen LogP contribution in [0.1, 0.15) is 32.4 Å². The number of thiophene rings is 1. The molecule has 0 aliphatic heterocycles. The summed E-state index contributed by atoms with van der Waals surface area (Å²) in [5.41, 5.74) is 15.1. The summed E-state index contributed by atoms with van der Waals surface area (Å²) >= 11 is 7.61. The second kappa shape index (κ2) is 7.75. The molecular formula is C18H19ClFN5OS. The summed E-state index contributed by atoms with van der Waals surface area (Å²) in [5.74, 6) is -1.18. The number of nitrogens with zero attached hydrogens (tertiary/aromatic N) is 3. The van der Waals surface area contributed by atoms with Gasteiger partial charge in [-0.1, -0.05) is 28.9 Å². The Morgan fingerprint density at radius 2 is 2.19 bits per heavy atom. The van der Waals surface area contributed by atoms with E-state index in [1.54, 1.807) is 17.8 Å².